The van der Waals surface area contributed by atoms with Crippen LogP contribution in [-0.4, -0.2) is 38.4 Å². The number of pyridine rings is 1. The summed E-state index contributed by atoms with van der Waals surface area (Å²) in [6.07, 6.45) is 4.40. The molecule has 0 atom stereocenters. The van der Waals surface area contributed by atoms with E-state index in [1.165, 1.54) is 0 Å². The van der Waals surface area contributed by atoms with Crippen LogP contribution in [0.25, 0.3) is 27.4 Å². The number of fused-ring (bicyclic) bond motifs is 2. The first-order chi connectivity index (χ1) is 14.6. The van der Waals surface area contributed by atoms with Crippen molar-refractivity contribution in [2.45, 2.75) is 13.3 Å². The number of carbonyl (C=O) groups excluding carboxylic acids is 1. The van der Waals surface area contributed by atoms with Crippen molar-refractivity contribution in [3.05, 3.63) is 88.7 Å². The van der Waals surface area contributed by atoms with Crippen LogP contribution in [0.15, 0.2) is 71.7 Å². The molecule has 0 spiro atoms. The fraction of sp³-hybridized carbons (Fsp3) is 0.167. The molecule has 148 valence electrons. The summed E-state index contributed by atoms with van der Waals surface area (Å²) < 4.78 is 2.02. The molecule has 6 heteroatoms. The van der Waals surface area contributed by atoms with Gasteiger partial charge in [-0.1, -0.05) is 36.4 Å². The number of hydrogen-bond acceptors (Lipinski definition) is 4. The normalized spacial score (nSPS) is 14.2. The Balaban J connectivity index is 1.49. The van der Waals surface area contributed by atoms with Crippen molar-refractivity contribution >= 4 is 33.3 Å². The van der Waals surface area contributed by atoms with E-state index in [0.717, 1.165) is 22.0 Å². The lowest BCUT2D eigenvalue weighted by Gasteiger charge is -2.28. The third-order valence-corrected chi connectivity index (χ3v) is 5.60. The van der Waals surface area contributed by atoms with Crippen LogP contribution in [0.2, 0.25) is 0 Å². The third kappa shape index (κ3) is 2.97. The largest absolute Gasteiger partial charge is 0.333 e. The van der Waals surface area contributed by atoms with Gasteiger partial charge in [0.1, 0.15) is 11.5 Å². The zero-order valence-electron chi connectivity index (χ0n) is 16.6. The zero-order valence-corrected chi connectivity index (χ0v) is 16.6. The summed E-state index contributed by atoms with van der Waals surface area (Å²) in [6.45, 7) is 2.90. The van der Waals surface area contributed by atoms with Gasteiger partial charge in [-0.05, 0) is 36.6 Å². The van der Waals surface area contributed by atoms with Gasteiger partial charge in [-0.15, -0.1) is 0 Å². The number of benzene rings is 2. The maximum Gasteiger partial charge on any atom is 0.280 e. The number of amides is 1. The molecule has 0 saturated heterocycles. The van der Waals surface area contributed by atoms with Gasteiger partial charge < -0.3 is 9.47 Å². The molecule has 1 aliphatic heterocycles. The van der Waals surface area contributed by atoms with Crippen molar-refractivity contribution < 1.29 is 4.79 Å². The molecule has 0 N–H and O–H groups in total. The second kappa shape index (κ2) is 7.22. The van der Waals surface area contributed by atoms with E-state index in [4.69, 9.17) is 0 Å². The molecule has 5 rings (SSSR count). The summed E-state index contributed by atoms with van der Waals surface area (Å²) in [4.78, 5) is 35.8. The molecule has 6 nitrogen and oxygen atoms in total. The Morgan fingerprint density at radius 3 is 2.57 bits per heavy atom. The van der Waals surface area contributed by atoms with Crippen LogP contribution < -0.4 is 5.56 Å². The van der Waals surface area contributed by atoms with Crippen LogP contribution in [-0.2, 0) is 0 Å². The molecule has 1 aliphatic rings. The van der Waals surface area contributed by atoms with Crippen LogP contribution in [0.5, 0.6) is 0 Å². The fourth-order valence-electron chi connectivity index (χ4n) is 4.13. The highest BCUT2D eigenvalue weighted by Gasteiger charge is 2.23. The van der Waals surface area contributed by atoms with Crippen LogP contribution >= 0.6 is 0 Å². The number of rotatable bonds is 2. The zero-order chi connectivity index (χ0) is 20.7. The minimum Gasteiger partial charge on any atom is -0.333 e. The van der Waals surface area contributed by atoms with Crippen LogP contribution in [0, 0.1) is 6.92 Å². The molecule has 4 aromatic rings. The first-order valence-corrected chi connectivity index (χ1v) is 9.94. The van der Waals surface area contributed by atoms with Crippen molar-refractivity contribution in [3.8, 4) is 0 Å². The van der Waals surface area contributed by atoms with Gasteiger partial charge in [0.05, 0.1) is 10.9 Å². The van der Waals surface area contributed by atoms with Crippen LogP contribution in [0.4, 0.5) is 0 Å². The average molecular weight is 396 g/mol. The summed E-state index contributed by atoms with van der Waals surface area (Å²) in [7, 11) is 0. The summed E-state index contributed by atoms with van der Waals surface area (Å²) in [5.74, 6) is 0.585. The number of carbonyl (C=O) groups is 1. The van der Waals surface area contributed by atoms with E-state index in [1.54, 1.807) is 12.3 Å². The Morgan fingerprint density at radius 2 is 1.77 bits per heavy atom. The van der Waals surface area contributed by atoms with E-state index >= 15 is 0 Å². The molecule has 3 heterocycles. The Morgan fingerprint density at radius 1 is 1.00 bits per heavy atom. The molecule has 30 heavy (non-hydrogen) atoms. The molecule has 2 aromatic carbocycles. The van der Waals surface area contributed by atoms with Gasteiger partial charge in [-0.3, -0.25) is 14.6 Å². The summed E-state index contributed by atoms with van der Waals surface area (Å²) in [5, 5.41) is 2.47. The minimum atomic E-state index is -0.213. The molecule has 0 radical (unpaired) electrons. The van der Waals surface area contributed by atoms with Gasteiger partial charge in [-0.25, -0.2) is 0 Å². The van der Waals surface area contributed by atoms with E-state index in [1.807, 2.05) is 71.0 Å². The first kappa shape index (κ1) is 18.2. The highest BCUT2D eigenvalue weighted by molar-refractivity contribution is 6.05. The predicted molar refractivity (Wildman–Crippen MR) is 117 cm³/mol. The standard InChI is InChI=1S/C24H20N4O2/c1-16-26-23(29)20-8-4-5-9-21(20)28(16)18-11-14-27(15-12-18)24(30)22-19-7-3-2-6-17(19)10-13-25-22/h2-11,13H,12,14-15H2,1H3. The maximum atomic E-state index is 13.2. The summed E-state index contributed by atoms with van der Waals surface area (Å²) in [6, 6.07) is 17.2. The second-order valence-electron chi connectivity index (χ2n) is 7.39. The number of aromatic nitrogens is 3. The summed E-state index contributed by atoms with van der Waals surface area (Å²) >= 11 is 0. The predicted octanol–water partition coefficient (Wildman–Crippen LogP) is 3.64. The van der Waals surface area contributed by atoms with Crippen LogP contribution in [0.1, 0.15) is 22.7 Å². The third-order valence-electron chi connectivity index (χ3n) is 5.60. The van der Waals surface area contributed by atoms with Gasteiger partial charge in [0.25, 0.3) is 11.5 Å². The SMILES string of the molecule is Cc1nc(=O)c2ccccc2n1C1=CCN(C(=O)c2nccc3ccccc23)CC1. The lowest BCUT2D eigenvalue weighted by atomic mass is 10.1. The van der Waals surface area contributed by atoms with E-state index in [2.05, 4.69) is 9.97 Å². The van der Waals surface area contributed by atoms with E-state index in [9.17, 15) is 9.59 Å². The Bertz CT molecular complexity index is 1380. The number of hydrogen-bond donors (Lipinski definition) is 0. The van der Waals surface area contributed by atoms with E-state index in [-0.39, 0.29) is 11.5 Å². The first-order valence-electron chi connectivity index (χ1n) is 9.94. The van der Waals surface area contributed by atoms with Crippen molar-refractivity contribution in [1.82, 2.24) is 19.4 Å². The van der Waals surface area contributed by atoms with Crippen molar-refractivity contribution in [1.29, 1.82) is 0 Å². The molecule has 2 aromatic heterocycles. The number of para-hydroxylation sites is 1. The van der Waals surface area contributed by atoms with Crippen molar-refractivity contribution in [3.63, 3.8) is 0 Å². The lowest BCUT2D eigenvalue weighted by molar-refractivity contribution is 0.0768. The fourth-order valence-corrected chi connectivity index (χ4v) is 4.13. The monoisotopic (exact) mass is 396 g/mol. The topological polar surface area (TPSA) is 68.1 Å². The molecule has 0 bridgehead atoms. The van der Waals surface area contributed by atoms with Gasteiger partial charge in [0.15, 0.2) is 0 Å². The smallest absolute Gasteiger partial charge is 0.280 e. The Kier molecular flexibility index (Phi) is 4.39. The van der Waals surface area contributed by atoms with Gasteiger partial charge >= 0.3 is 0 Å². The Labute approximate surface area is 173 Å². The molecule has 1 amide bonds. The van der Waals surface area contributed by atoms with Gasteiger partial charge in [0.2, 0.25) is 0 Å². The minimum absolute atomic E-state index is 0.0679. The molecule has 0 saturated carbocycles. The van der Waals surface area contributed by atoms with E-state index in [0.29, 0.717) is 36.4 Å². The lowest BCUT2D eigenvalue weighted by Crippen LogP contribution is -2.36. The van der Waals surface area contributed by atoms with Crippen molar-refractivity contribution in [2.75, 3.05) is 13.1 Å². The Hall–Kier alpha value is -3.80. The number of nitrogens with zero attached hydrogens (tertiary/aromatic N) is 4. The number of aryl methyl sites for hydroxylation is 1. The van der Waals surface area contributed by atoms with Crippen LogP contribution in [0.3, 0.4) is 0 Å². The molecule has 0 unspecified atom stereocenters. The molecular weight excluding hydrogens is 376 g/mol. The van der Waals surface area contributed by atoms with Gasteiger partial charge in [0, 0.05) is 36.8 Å². The summed E-state index contributed by atoms with van der Waals surface area (Å²) in [5.41, 5.74) is 2.16. The highest BCUT2D eigenvalue weighted by Crippen LogP contribution is 2.24. The quantitative estimate of drug-likeness (QED) is 0.519. The molecule has 0 fully saturated rings. The molecular formula is C24H20N4O2. The highest BCUT2D eigenvalue weighted by atomic mass is 16.2. The molecule has 0 aliphatic carbocycles. The van der Waals surface area contributed by atoms with E-state index < -0.39 is 0 Å². The second-order valence-corrected chi connectivity index (χ2v) is 7.39. The average Bonchev–Trinajstić information content (AvgIpc) is 2.79. The maximum absolute atomic E-state index is 13.2. The van der Waals surface area contributed by atoms with Gasteiger partial charge in [-0.2, -0.15) is 4.98 Å². The van der Waals surface area contributed by atoms with Crippen molar-refractivity contribution in [2.24, 2.45) is 0 Å².